The summed E-state index contributed by atoms with van der Waals surface area (Å²) < 4.78 is 22.8. The van der Waals surface area contributed by atoms with Gasteiger partial charge in [-0.15, -0.1) is 0 Å². The number of carbonyl (C=O) groups is 1. The number of pyridine rings is 1. The minimum Gasteiger partial charge on any atom is -0.268 e. The fourth-order valence-corrected chi connectivity index (χ4v) is 1.23. The topological polar surface area (TPSA) is 67.3 Å². The molecule has 0 saturated carbocycles. The number of sulfonamides is 1. The third-order valence-corrected chi connectivity index (χ3v) is 2.87. The van der Waals surface area contributed by atoms with Crippen LogP contribution in [0.25, 0.3) is 0 Å². The van der Waals surface area contributed by atoms with Crippen LogP contribution in [0.3, 0.4) is 0 Å². The molecule has 0 radical (unpaired) electrons. The second-order valence-corrected chi connectivity index (χ2v) is 4.79. The van der Waals surface area contributed by atoms with Crippen molar-refractivity contribution in [3.8, 4) is 0 Å². The maximum absolute atomic E-state index is 11.5. The number of hydrogen-bond acceptors (Lipinski definition) is 4. The van der Waals surface area contributed by atoms with Crippen molar-refractivity contribution in [1.29, 1.82) is 0 Å². The summed E-state index contributed by atoms with van der Waals surface area (Å²) in [5.74, 6) is -0.560. The summed E-state index contributed by atoms with van der Waals surface area (Å²) in [5.41, 5.74) is 0.299. The van der Waals surface area contributed by atoms with Gasteiger partial charge in [0.25, 0.3) is 5.91 Å². The first kappa shape index (κ1) is 10.6. The van der Waals surface area contributed by atoms with E-state index in [0.29, 0.717) is 9.87 Å². The molecule has 5 nitrogen and oxygen atoms in total. The molecule has 6 heteroatoms. The van der Waals surface area contributed by atoms with Gasteiger partial charge in [-0.25, -0.2) is 12.7 Å². The predicted molar refractivity (Wildman–Crippen MR) is 51.2 cm³/mol. The van der Waals surface area contributed by atoms with E-state index >= 15 is 0 Å². The van der Waals surface area contributed by atoms with Gasteiger partial charge in [0, 0.05) is 25.0 Å². The SMILES string of the molecule is CN(C(=O)c1ccncc1)S(C)(=O)=O. The molecule has 0 atom stereocenters. The molecule has 0 bridgehead atoms. The monoisotopic (exact) mass is 214 g/mol. The first-order valence-corrected chi connectivity index (χ1v) is 5.66. The lowest BCUT2D eigenvalue weighted by molar-refractivity contribution is 0.0883. The summed E-state index contributed by atoms with van der Waals surface area (Å²) in [6, 6.07) is 2.92. The molecular formula is C8H10N2O3S. The van der Waals surface area contributed by atoms with Gasteiger partial charge in [-0.2, -0.15) is 0 Å². The molecule has 0 spiro atoms. The minimum absolute atomic E-state index is 0.299. The number of carbonyl (C=O) groups excluding carboxylic acids is 1. The fourth-order valence-electron chi connectivity index (χ4n) is 0.827. The Morgan fingerprint density at radius 2 is 1.86 bits per heavy atom. The smallest absolute Gasteiger partial charge is 0.267 e. The van der Waals surface area contributed by atoms with Crippen molar-refractivity contribution in [2.45, 2.75) is 0 Å². The van der Waals surface area contributed by atoms with Gasteiger partial charge in [-0.05, 0) is 12.1 Å². The molecule has 0 unspecified atom stereocenters. The van der Waals surface area contributed by atoms with Crippen LogP contribution < -0.4 is 0 Å². The van der Waals surface area contributed by atoms with Crippen molar-refractivity contribution in [3.63, 3.8) is 0 Å². The van der Waals surface area contributed by atoms with E-state index in [2.05, 4.69) is 4.98 Å². The highest BCUT2D eigenvalue weighted by Gasteiger charge is 2.19. The molecule has 0 aliphatic carbocycles. The number of aromatic nitrogens is 1. The van der Waals surface area contributed by atoms with E-state index in [4.69, 9.17) is 0 Å². The molecule has 0 aliphatic rings. The normalized spacial score (nSPS) is 11.0. The Morgan fingerprint density at radius 3 is 2.29 bits per heavy atom. The van der Waals surface area contributed by atoms with E-state index in [-0.39, 0.29) is 0 Å². The van der Waals surface area contributed by atoms with Crippen LogP contribution in [0, 0.1) is 0 Å². The molecule has 1 aromatic heterocycles. The Labute approximate surface area is 82.4 Å². The van der Waals surface area contributed by atoms with Crippen LogP contribution >= 0.6 is 0 Å². The van der Waals surface area contributed by atoms with Crippen molar-refractivity contribution in [3.05, 3.63) is 30.1 Å². The van der Waals surface area contributed by atoms with Gasteiger partial charge in [-0.3, -0.25) is 9.78 Å². The van der Waals surface area contributed by atoms with Crippen molar-refractivity contribution in [1.82, 2.24) is 9.29 Å². The molecule has 76 valence electrons. The lowest BCUT2D eigenvalue weighted by atomic mass is 10.2. The Kier molecular flexibility index (Phi) is 2.85. The van der Waals surface area contributed by atoms with Gasteiger partial charge in [0.05, 0.1) is 6.26 Å². The Hall–Kier alpha value is -1.43. The Bertz CT molecular complexity index is 427. The first-order valence-electron chi connectivity index (χ1n) is 3.81. The second-order valence-electron chi connectivity index (χ2n) is 2.77. The van der Waals surface area contributed by atoms with Crippen LogP contribution in [0.1, 0.15) is 10.4 Å². The number of amides is 1. The zero-order chi connectivity index (χ0) is 10.8. The molecule has 1 rings (SSSR count). The van der Waals surface area contributed by atoms with E-state index < -0.39 is 15.9 Å². The average molecular weight is 214 g/mol. The first-order chi connectivity index (χ1) is 6.43. The standard InChI is InChI=1S/C8H10N2O3S/c1-10(14(2,12)13)8(11)7-3-5-9-6-4-7/h3-6H,1-2H3. The summed E-state index contributed by atoms with van der Waals surface area (Å²) in [4.78, 5) is 15.2. The number of hydrogen-bond donors (Lipinski definition) is 0. The minimum atomic E-state index is -3.49. The van der Waals surface area contributed by atoms with Gasteiger partial charge in [0.2, 0.25) is 10.0 Å². The average Bonchev–Trinajstić information content (AvgIpc) is 2.15. The van der Waals surface area contributed by atoms with Gasteiger partial charge in [-0.1, -0.05) is 0 Å². The van der Waals surface area contributed by atoms with E-state index in [0.717, 1.165) is 6.26 Å². The predicted octanol–water partition coefficient (Wildman–Crippen LogP) is 0.113. The van der Waals surface area contributed by atoms with Crippen molar-refractivity contribution < 1.29 is 13.2 Å². The van der Waals surface area contributed by atoms with Crippen molar-refractivity contribution in [2.24, 2.45) is 0 Å². The van der Waals surface area contributed by atoms with E-state index in [9.17, 15) is 13.2 Å². The molecular weight excluding hydrogens is 204 g/mol. The summed E-state index contributed by atoms with van der Waals surface area (Å²) in [6.07, 6.45) is 3.85. The molecule has 0 fully saturated rings. The van der Waals surface area contributed by atoms with Crippen LogP contribution in [0.4, 0.5) is 0 Å². The molecule has 0 aliphatic heterocycles. The third-order valence-electron chi connectivity index (χ3n) is 1.71. The highest BCUT2D eigenvalue weighted by Crippen LogP contribution is 2.04. The molecule has 1 heterocycles. The zero-order valence-corrected chi connectivity index (χ0v) is 8.65. The zero-order valence-electron chi connectivity index (χ0n) is 7.84. The van der Waals surface area contributed by atoms with Crippen LogP contribution in [-0.4, -0.2) is 36.9 Å². The number of nitrogens with zero attached hydrogens (tertiary/aromatic N) is 2. The van der Waals surface area contributed by atoms with E-state index in [1.165, 1.54) is 31.6 Å². The third kappa shape index (κ3) is 2.29. The Morgan fingerprint density at radius 1 is 1.36 bits per heavy atom. The Balaban J connectivity index is 2.99. The molecule has 0 N–H and O–H groups in total. The highest BCUT2D eigenvalue weighted by molar-refractivity contribution is 7.88. The molecule has 1 aromatic rings. The van der Waals surface area contributed by atoms with Crippen molar-refractivity contribution in [2.75, 3.05) is 13.3 Å². The summed E-state index contributed by atoms with van der Waals surface area (Å²) in [7, 11) is -2.27. The highest BCUT2D eigenvalue weighted by atomic mass is 32.2. The van der Waals surface area contributed by atoms with E-state index in [1.54, 1.807) is 0 Å². The van der Waals surface area contributed by atoms with Crippen LogP contribution in [0.5, 0.6) is 0 Å². The maximum Gasteiger partial charge on any atom is 0.267 e. The summed E-state index contributed by atoms with van der Waals surface area (Å²) in [6.45, 7) is 0. The van der Waals surface area contributed by atoms with Gasteiger partial charge >= 0.3 is 0 Å². The summed E-state index contributed by atoms with van der Waals surface area (Å²) >= 11 is 0. The van der Waals surface area contributed by atoms with Crippen molar-refractivity contribution >= 4 is 15.9 Å². The molecule has 14 heavy (non-hydrogen) atoms. The quantitative estimate of drug-likeness (QED) is 0.701. The molecule has 0 aromatic carbocycles. The van der Waals surface area contributed by atoms with Gasteiger partial charge < -0.3 is 0 Å². The lowest BCUT2D eigenvalue weighted by Gasteiger charge is -2.13. The van der Waals surface area contributed by atoms with Crippen LogP contribution in [-0.2, 0) is 10.0 Å². The van der Waals surface area contributed by atoms with Crippen LogP contribution in [0.15, 0.2) is 24.5 Å². The lowest BCUT2D eigenvalue weighted by Crippen LogP contribution is -2.32. The molecule has 0 saturated heterocycles. The van der Waals surface area contributed by atoms with Crippen LogP contribution in [0.2, 0.25) is 0 Å². The molecule has 1 amide bonds. The maximum atomic E-state index is 11.5. The van der Waals surface area contributed by atoms with Gasteiger partial charge in [0.15, 0.2) is 0 Å². The number of rotatable bonds is 2. The second kappa shape index (κ2) is 3.75. The fraction of sp³-hybridized carbons (Fsp3) is 0.250. The van der Waals surface area contributed by atoms with Gasteiger partial charge in [0.1, 0.15) is 0 Å². The summed E-state index contributed by atoms with van der Waals surface area (Å²) in [5, 5.41) is 0. The van der Waals surface area contributed by atoms with E-state index in [1.807, 2.05) is 0 Å². The largest absolute Gasteiger partial charge is 0.268 e.